The Morgan fingerprint density at radius 1 is 1.24 bits per heavy atom. The van der Waals surface area contributed by atoms with Gasteiger partial charge in [0.25, 0.3) is 5.69 Å². The number of carboxylic acid groups (broad SMARTS) is 1. The van der Waals surface area contributed by atoms with Gasteiger partial charge in [-0.15, -0.1) is 0 Å². The number of carboxylic acids is 1. The molecule has 0 amide bonds. The van der Waals surface area contributed by atoms with Gasteiger partial charge in [0.15, 0.2) is 0 Å². The lowest BCUT2D eigenvalue weighted by Crippen LogP contribution is -2.02. The lowest BCUT2D eigenvalue weighted by atomic mass is 10.2. The van der Waals surface area contributed by atoms with Crippen molar-refractivity contribution in [3.8, 4) is 5.75 Å². The molecule has 2 aromatic carbocycles. The van der Waals surface area contributed by atoms with Gasteiger partial charge in [-0.3, -0.25) is 10.1 Å². The van der Waals surface area contributed by atoms with Crippen molar-refractivity contribution >= 4 is 11.7 Å². The van der Waals surface area contributed by atoms with Crippen LogP contribution in [0.4, 0.5) is 10.1 Å². The highest BCUT2D eigenvalue weighted by molar-refractivity contribution is 5.87. The normalized spacial score (nSPS) is 10.1. The Morgan fingerprint density at radius 2 is 1.90 bits per heavy atom. The molecule has 0 bridgehead atoms. The Bertz CT molecular complexity index is 684. The second-order valence-corrected chi connectivity index (χ2v) is 4.15. The Hall–Kier alpha value is -2.96. The standard InChI is InChI=1S/C14H10FNO5/c15-11-3-6-13(16(19)20)10(7-11)8-21-12-4-1-9(2-5-12)14(17)18/h1-7H,8H2,(H,17,18). The summed E-state index contributed by atoms with van der Waals surface area (Å²) < 4.78 is 18.4. The molecule has 21 heavy (non-hydrogen) atoms. The summed E-state index contributed by atoms with van der Waals surface area (Å²) in [6.45, 7) is -0.194. The van der Waals surface area contributed by atoms with Crippen LogP contribution in [0.25, 0.3) is 0 Å². The summed E-state index contributed by atoms with van der Waals surface area (Å²) in [6, 6.07) is 8.65. The number of ether oxygens (including phenoxy) is 1. The number of nitrogens with zero attached hydrogens (tertiary/aromatic N) is 1. The summed E-state index contributed by atoms with van der Waals surface area (Å²) in [5.74, 6) is -1.33. The Kier molecular flexibility index (Phi) is 4.13. The summed E-state index contributed by atoms with van der Waals surface area (Å²) >= 11 is 0. The molecule has 2 aromatic rings. The smallest absolute Gasteiger partial charge is 0.335 e. The number of rotatable bonds is 5. The van der Waals surface area contributed by atoms with Crippen LogP contribution in [0.15, 0.2) is 42.5 Å². The van der Waals surface area contributed by atoms with Gasteiger partial charge in [0.05, 0.1) is 16.1 Å². The van der Waals surface area contributed by atoms with Crippen molar-refractivity contribution in [1.29, 1.82) is 0 Å². The lowest BCUT2D eigenvalue weighted by Gasteiger charge is -2.07. The molecular weight excluding hydrogens is 281 g/mol. The van der Waals surface area contributed by atoms with Crippen LogP contribution in [0.3, 0.4) is 0 Å². The van der Waals surface area contributed by atoms with E-state index in [0.29, 0.717) is 5.75 Å². The molecule has 0 saturated carbocycles. The van der Waals surface area contributed by atoms with E-state index in [-0.39, 0.29) is 23.4 Å². The van der Waals surface area contributed by atoms with E-state index < -0.39 is 16.7 Å². The van der Waals surface area contributed by atoms with Gasteiger partial charge in [-0.2, -0.15) is 0 Å². The molecule has 0 heterocycles. The fraction of sp³-hybridized carbons (Fsp3) is 0.0714. The first-order chi connectivity index (χ1) is 9.97. The molecule has 0 aliphatic rings. The van der Waals surface area contributed by atoms with Gasteiger partial charge in [0.1, 0.15) is 18.2 Å². The quantitative estimate of drug-likeness (QED) is 0.675. The molecule has 0 fully saturated rings. The maximum atomic E-state index is 13.1. The third kappa shape index (κ3) is 3.53. The number of benzene rings is 2. The fourth-order valence-corrected chi connectivity index (χ4v) is 1.70. The number of hydrogen-bond acceptors (Lipinski definition) is 4. The van der Waals surface area contributed by atoms with E-state index >= 15 is 0 Å². The van der Waals surface area contributed by atoms with E-state index in [1.807, 2.05) is 0 Å². The van der Waals surface area contributed by atoms with Crippen LogP contribution in [-0.4, -0.2) is 16.0 Å². The molecule has 1 N–H and O–H groups in total. The number of nitro groups is 1. The van der Waals surface area contributed by atoms with Crippen LogP contribution in [0, 0.1) is 15.9 Å². The first-order valence-electron chi connectivity index (χ1n) is 5.86. The van der Waals surface area contributed by atoms with Gasteiger partial charge in [0, 0.05) is 6.07 Å². The largest absolute Gasteiger partial charge is 0.489 e. The van der Waals surface area contributed by atoms with E-state index in [0.717, 1.165) is 18.2 Å². The van der Waals surface area contributed by atoms with Gasteiger partial charge in [-0.25, -0.2) is 9.18 Å². The molecule has 0 atom stereocenters. The van der Waals surface area contributed by atoms with Crippen molar-refractivity contribution in [2.75, 3.05) is 0 Å². The van der Waals surface area contributed by atoms with Crippen LogP contribution < -0.4 is 4.74 Å². The van der Waals surface area contributed by atoms with Crippen molar-refractivity contribution < 1.29 is 24.0 Å². The van der Waals surface area contributed by atoms with Crippen molar-refractivity contribution in [1.82, 2.24) is 0 Å². The number of aromatic carboxylic acids is 1. The molecule has 6 nitrogen and oxygen atoms in total. The third-order valence-electron chi connectivity index (χ3n) is 2.73. The maximum Gasteiger partial charge on any atom is 0.335 e. The molecule has 0 radical (unpaired) electrons. The minimum atomic E-state index is -1.07. The van der Waals surface area contributed by atoms with Crippen LogP contribution >= 0.6 is 0 Å². The van der Waals surface area contributed by atoms with Crippen LogP contribution in [-0.2, 0) is 6.61 Å². The van der Waals surface area contributed by atoms with Crippen molar-refractivity contribution in [2.24, 2.45) is 0 Å². The minimum absolute atomic E-state index is 0.0964. The summed E-state index contributed by atoms with van der Waals surface area (Å²) in [7, 11) is 0. The molecule has 0 spiro atoms. The van der Waals surface area contributed by atoms with Crippen LogP contribution in [0.1, 0.15) is 15.9 Å². The highest BCUT2D eigenvalue weighted by Crippen LogP contribution is 2.22. The highest BCUT2D eigenvalue weighted by atomic mass is 19.1. The van der Waals surface area contributed by atoms with Crippen molar-refractivity contribution in [3.63, 3.8) is 0 Å². The Labute approximate surface area is 118 Å². The van der Waals surface area contributed by atoms with Gasteiger partial charge in [0.2, 0.25) is 0 Å². The SMILES string of the molecule is O=C(O)c1ccc(OCc2cc(F)ccc2[N+](=O)[O-])cc1. The van der Waals surface area contributed by atoms with Gasteiger partial charge in [-0.05, 0) is 36.4 Å². The van der Waals surface area contributed by atoms with E-state index in [4.69, 9.17) is 9.84 Å². The van der Waals surface area contributed by atoms with Crippen LogP contribution in [0.2, 0.25) is 0 Å². The third-order valence-corrected chi connectivity index (χ3v) is 2.73. The zero-order chi connectivity index (χ0) is 15.4. The second kappa shape index (κ2) is 6.00. The van der Waals surface area contributed by atoms with E-state index in [1.165, 1.54) is 24.3 Å². The number of carbonyl (C=O) groups is 1. The van der Waals surface area contributed by atoms with E-state index in [1.54, 1.807) is 0 Å². The summed E-state index contributed by atoms with van der Waals surface area (Å²) in [4.78, 5) is 20.9. The molecule has 0 aliphatic heterocycles. The predicted octanol–water partition coefficient (Wildman–Crippen LogP) is 3.01. The topological polar surface area (TPSA) is 89.7 Å². The first kappa shape index (κ1) is 14.4. The first-order valence-corrected chi connectivity index (χ1v) is 5.86. The van der Waals surface area contributed by atoms with Crippen LogP contribution in [0.5, 0.6) is 5.75 Å². The monoisotopic (exact) mass is 291 g/mol. The van der Waals surface area contributed by atoms with E-state index in [9.17, 15) is 19.3 Å². The van der Waals surface area contributed by atoms with Gasteiger partial charge in [-0.1, -0.05) is 0 Å². The molecule has 0 aliphatic carbocycles. The average molecular weight is 291 g/mol. The summed E-state index contributed by atoms with van der Waals surface area (Å²) in [6.07, 6.45) is 0. The highest BCUT2D eigenvalue weighted by Gasteiger charge is 2.15. The average Bonchev–Trinajstić information content (AvgIpc) is 2.45. The summed E-state index contributed by atoms with van der Waals surface area (Å²) in [5, 5.41) is 19.6. The van der Waals surface area contributed by atoms with Crippen molar-refractivity contribution in [3.05, 3.63) is 69.5 Å². The van der Waals surface area contributed by atoms with Crippen molar-refractivity contribution in [2.45, 2.75) is 6.61 Å². The summed E-state index contributed by atoms with van der Waals surface area (Å²) in [5.41, 5.74) is -0.0417. The molecular formula is C14H10FNO5. The number of hydrogen-bond donors (Lipinski definition) is 1. The second-order valence-electron chi connectivity index (χ2n) is 4.15. The van der Waals surface area contributed by atoms with Gasteiger partial charge < -0.3 is 9.84 Å². The molecule has 2 rings (SSSR count). The predicted molar refractivity (Wildman–Crippen MR) is 70.8 cm³/mol. The zero-order valence-electron chi connectivity index (χ0n) is 10.7. The molecule has 7 heteroatoms. The Balaban J connectivity index is 2.14. The molecule has 0 saturated heterocycles. The maximum absolute atomic E-state index is 13.1. The van der Waals surface area contributed by atoms with E-state index in [2.05, 4.69) is 0 Å². The number of nitro benzene ring substituents is 1. The van der Waals surface area contributed by atoms with Gasteiger partial charge >= 0.3 is 5.97 Å². The number of halogens is 1. The molecule has 108 valence electrons. The lowest BCUT2D eigenvalue weighted by molar-refractivity contribution is -0.385. The molecule has 0 unspecified atom stereocenters. The minimum Gasteiger partial charge on any atom is -0.489 e. The molecule has 0 aromatic heterocycles. The zero-order valence-corrected chi connectivity index (χ0v) is 10.7. The fourth-order valence-electron chi connectivity index (χ4n) is 1.70. The Morgan fingerprint density at radius 3 is 2.48 bits per heavy atom.